The van der Waals surface area contributed by atoms with Gasteiger partial charge < -0.3 is 19.4 Å². The maximum atomic E-state index is 12.7. The molecule has 1 unspecified atom stereocenters. The van der Waals surface area contributed by atoms with Gasteiger partial charge in [-0.1, -0.05) is 34.6 Å². The first kappa shape index (κ1) is 29.5. The van der Waals surface area contributed by atoms with Crippen LogP contribution in [0.1, 0.15) is 81.6 Å². The van der Waals surface area contributed by atoms with Crippen LogP contribution in [-0.4, -0.2) is 72.2 Å². The third-order valence-electron chi connectivity index (χ3n) is 6.41. The molecule has 2 N–H and O–H groups in total. The molecule has 7 nitrogen and oxygen atoms in total. The molecule has 8 heteroatoms. The smallest absolute Gasteiger partial charge is 0.323 e. The van der Waals surface area contributed by atoms with E-state index in [0.717, 1.165) is 0 Å². The van der Waals surface area contributed by atoms with Gasteiger partial charge >= 0.3 is 5.97 Å². The second kappa shape index (κ2) is 10.4. The molecule has 0 amide bonds. The van der Waals surface area contributed by atoms with E-state index in [2.05, 4.69) is 47.7 Å². The fourth-order valence-electron chi connectivity index (χ4n) is 4.19. The normalized spacial score (nSPS) is 26.6. The summed E-state index contributed by atoms with van der Waals surface area (Å²) < 4.78 is 12.1. The van der Waals surface area contributed by atoms with Crippen LogP contribution in [0.15, 0.2) is 0 Å². The summed E-state index contributed by atoms with van der Waals surface area (Å²) in [4.78, 5) is 19.2. The number of carbonyl (C=O) groups excluding carboxylic acids is 1. The maximum Gasteiger partial charge on any atom is 0.323 e. The summed E-state index contributed by atoms with van der Waals surface area (Å²) in [6.07, 6.45) is 0.706. The Morgan fingerprint density at radius 3 is 2.16 bits per heavy atom. The molecule has 190 valence electrons. The van der Waals surface area contributed by atoms with Gasteiger partial charge in [-0.25, -0.2) is 0 Å². The van der Waals surface area contributed by atoms with E-state index in [0.29, 0.717) is 31.8 Å². The van der Waals surface area contributed by atoms with Gasteiger partial charge in [0.25, 0.3) is 0 Å². The highest BCUT2D eigenvalue weighted by atomic mass is 28.4. The number of aliphatic hydroxyl groups is 2. The summed E-state index contributed by atoms with van der Waals surface area (Å²) in [5.74, 6) is -0.0760. The zero-order chi connectivity index (χ0) is 25.2. The second-order valence-electron chi connectivity index (χ2n) is 12.8. The van der Waals surface area contributed by atoms with E-state index in [-0.39, 0.29) is 24.2 Å². The van der Waals surface area contributed by atoms with Crippen molar-refractivity contribution < 1.29 is 29.0 Å². The van der Waals surface area contributed by atoms with E-state index in [1.807, 2.05) is 27.7 Å². The van der Waals surface area contributed by atoms with Gasteiger partial charge in [-0.2, -0.15) is 5.06 Å². The highest BCUT2D eigenvalue weighted by molar-refractivity contribution is 6.74. The summed E-state index contributed by atoms with van der Waals surface area (Å²) in [6.45, 7) is 22.8. The first-order chi connectivity index (χ1) is 14.2. The number of nitrogens with zero attached hydrogens (tertiary/aromatic N) is 1. The summed E-state index contributed by atoms with van der Waals surface area (Å²) in [5.41, 5.74) is -1.86. The van der Waals surface area contributed by atoms with E-state index >= 15 is 0 Å². The Bertz CT molecular complexity index is 627. The average Bonchev–Trinajstić information content (AvgIpc) is 2.81. The van der Waals surface area contributed by atoms with Gasteiger partial charge in [0, 0.05) is 6.42 Å². The van der Waals surface area contributed by atoms with Crippen LogP contribution >= 0.6 is 0 Å². The molecule has 0 radical (unpaired) electrons. The molecular formula is C24H49NO6Si. The van der Waals surface area contributed by atoms with Crippen LogP contribution in [0.25, 0.3) is 0 Å². The highest BCUT2D eigenvalue weighted by Crippen LogP contribution is 2.46. The molecule has 32 heavy (non-hydrogen) atoms. The lowest BCUT2D eigenvalue weighted by Crippen LogP contribution is -2.49. The van der Waals surface area contributed by atoms with Crippen LogP contribution in [0, 0.1) is 5.92 Å². The minimum atomic E-state index is -2.00. The summed E-state index contributed by atoms with van der Waals surface area (Å²) in [6, 6.07) is 0. The molecule has 1 saturated heterocycles. The van der Waals surface area contributed by atoms with Crippen LogP contribution in [0.5, 0.6) is 0 Å². The lowest BCUT2D eigenvalue weighted by Gasteiger charge is -2.39. The third kappa shape index (κ3) is 8.36. The first-order valence-electron chi connectivity index (χ1n) is 11.9. The number of rotatable bonds is 10. The molecule has 1 fully saturated rings. The number of carbonyl (C=O) groups is 1. The lowest BCUT2D eigenvalue weighted by atomic mass is 9.77. The van der Waals surface area contributed by atoms with Crippen molar-refractivity contribution in [2.24, 2.45) is 5.92 Å². The average molecular weight is 476 g/mol. The van der Waals surface area contributed by atoms with E-state index in [1.54, 1.807) is 5.06 Å². The fraction of sp³-hybridized carbons (Fsp3) is 0.958. The number of hydroxylamine groups is 2. The van der Waals surface area contributed by atoms with Gasteiger partial charge in [-0.05, 0) is 64.6 Å². The molecule has 1 rings (SSSR count). The molecule has 0 saturated carbocycles. The van der Waals surface area contributed by atoms with Gasteiger partial charge in [-0.3, -0.25) is 9.63 Å². The van der Waals surface area contributed by atoms with Crippen LogP contribution in [0.4, 0.5) is 0 Å². The van der Waals surface area contributed by atoms with Gasteiger partial charge in [-0.15, -0.1) is 0 Å². The second-order valence-corrected chi connectivity index (χ2v) is 17.6. The van der Waals surface area contributed by atoms with E-state index < -0.39 is 31.2 Å². The fourth-order valence-corrected chi connectivity index (χ4v) is 5.29. The van der Waals surface area contributed by atoms with Crippen molar-refractivity contribution in [2.75, 3.05) is 19.8 Å². The Balaban J connectivity index is 3.23. The molecule has 0 bridgehead atoms. The number of aliphatic hydroxyl groups excluding tert-OH is 2. The number of esters is 1. The largest absolute Gasteiger partial charge is 0.459 e. The van der Waals surface area contributed by atoms with E-state index in [9.17, 15) is 15.0 Å². The van der Waals surface area contributed by atoms with Gasteiger partial charge in [0.2, 0.25) is 0 Å². The van der Waals surface area contributed by atoms with Crippen LogP contribution in [0.3, 0.4) is 0 Å². The molecule has 3 atom stereocenters. The molecule has 1 heterocycles. The van der Waals surface area contributed by atoms with Crippen LogP contribution < -0.4 is 0 Å². The Morgan fingerprint density at radius 2 is 1.72 bits per heavy atom. The minimum Gasteiger partial charge on any atom is -0.459 e. The molecule has 1 aliphatic heterocycles. The SMILES string of the molecule is CC(C)C[C@]1(CC(O)CO)C[C@](C)(CO[Si](C)(C)C(C)(C)C)ON1CC(=O)OC(C)(C)C. The molecular weight excluding hydrogens is 426 g/mol. The quantitative estimate of drug-likeness (QED) is 0.360. The Hall–Kier alpha value is -0.513. The maximum absolute atomic E-state index is 12.7. The van der Waals surface area contributed by atoms with Crippen molar-refractivity contribution in [2.45, 2.75) is 123 Å². The molecule has 1 aliphatic rings. The van der Waals surface area contributed by atoms with Crippen molar-refractivity contribution in [3.8, 4) is 0 Å². The number of hydrogen-bond acceptors (Lipinski definition) is 7. The Labute approximate surface area is 196 Å². The Kier molecular flexibility index (Phi) is 9.59. The van der Waals surface area contributed by atoms with Crippen molar-refractivity contribution in [3.05, 3.63) is 0 Å². The monoisotopic (exact) mass is 475 g/mol. The first-order valence-corrected chi connectivity index (χ1v) is 14.8. The minimum absolute atomic E-state index is 0.0438. The van der Waals surface area contributed by atoms with Gasteiger partial charge in [0.05, 0.1) is 24.9 Å². The standard InChI is InChI=1S/C24H49NO6Si/c1-18(2)12-24(13-19(27)15-26)16-23(9,17-29-32(10,11)22(6,7)8)31-25(24)14-20(28)30-21(3,4)5/h18-19,26-27H,12-17H2,1-11H3/t19?,23-,24+/m1/s1. The molecule has 0 aromatic heterocycles. The lowest BCUT2D eigenvalue weighted by molar-refractivity contribution is -0.236. The molecule has 0 spiro atoms. The van der Waals surface area contributed by atoms with E-state index in [1.165, 1.54) is 0 Å². The highest BCUT2D eigenvalue weighted by Gasteiger charge is 2.55. The zero-order valence-electron chi connectivity index (χ0n) is 22.4. The van der Waals surface area contributed by atoms with Crippen molar-refractivity contribution in [1.82, 2.24) is 5.06 Å². The summed E-state index contributed by atoms with van der Waals surface area (Å²) >= 11 is 0. The molecule has 0 aromatic rings. The van der Waals surface area contributed by atoms with Crippen molar-refractivity contribution in [1.29, 1.82) is 0 Å². The number of hydrogen-bond donors (Lipinski definition) is 2. The predicted molar refractivity (Wildman–Crippen MR) is 130 cm³/mol. The Morgan fingerprint density at radius 1 is 1.16 bits per heavy atom. The van der Waals surface area contributed by atoms with Crippen LogP contribution in [-0.2, 0) is 18.8 Å². The zero-order valence-corrected chi connectivity index (χ0v) is 23.4. The molecule has 0 aliphatic carbocycles. The van der Waals surface area contributed by atoms with Crippen molar-refractivity contribution in [3.63, 3.8) is 0 Å². The summed E-state index contributed by atoms with van der Waals surface area (Å²) in [7, 11) is -2.00. The number of ether oxygens (including phenoxy) is 1. The topological polar surface area (TPSA) is 88.5 Å². The summed E-state index contributed by atoms with van der Waals surface area (Å²) in [5, 5.41) is 21.7. The van der Waals surface area contributed by atoms with E-state index in [4.69, 9.17) is 14.0 Å². The molecule has 0 aromatic carbocycles. The third-order valence-corrected chi connectivity index (χ3v) is 10.9. The van der Waals surface area contributed by atoms with Gasteiger partial charge in [0.1, 0.15) is 17.7 Å². The van der Waals surface area contributed by atoms with Gasteiger partial charge in [0.15, 0.2) is 8.32 Å². The predicted octanol–water partition coefficient (Wildman–Crippen LogP) is 4.27. The van der Waals surface area contributed by atoms with Crippen LogP contribution in [0.2, 0.25) is 18.1 Å². The van der Waals surface area contributed by atoms with Crippen molar-refractivity contribution >= 4 is 14.3 Å².